The molecule has 1 unspecified atom stereocenters. The van der Waals surface area contributed by atoms with Crippen molar-refractivity contribution in [3.05, 3.63) is 42.2 Å². The summed E-state index contributed by atoms with van der Waals surface area (Å²) < 4.78 is 0. The Morgan fingerprint density at radius 1 is 1.26 bits per heavy atom. The van der Waals surface area contributed by atoms with Gasteiger partial charge in [-0.1, -0.05) is 12.1 Å². The molecule has 7 nitrogen and oxygen atoms in total. The molecule has 0 aliphatic carbocycles. The van der Waals surface area contributed by atoms with Gasteiger partial charge in [0.05, 0.1) is 11.7 Å². The molecular weight excluding hydrogens is 242 g/mol. The van der Waals surface area contributed by atoms with Gasteiger partial charge in [0.15, 0.2) is 0 Å². The van der Waals surface area contributed by atoms with E-state index in [0.29, 0.717) is 5.82 Å². The van der Waals surface area contributed by atoms with Crippen molar-refractivity contribution in [1.29, 1.82) is 0 Å². The van der Waals surface area contributed by atoms with Crippen molar-refractivity contribution in [3.63, 3.8) is 0 Å². The maximum absolute atomic E-state index is 3.97. The van der Waals surface area contributed by atoms with E-state index in [1.807, 2.05) is 30.3 Å². The Morgan fingerprint density at radius 3 is 2.95 bits per heavy atom. The molecule has 0 aliphatic rings. The Labute approximate surface area is 109 Å². The standard InChI is InChI=1S/C12H13N7/c1-8(11-5-6-13-15-11)14-10-4-2-3-9(7-10)12-16-18-19-17-12/h2-8,14H,1H3,(H,13,15)(H,16,17,18,19). The molecule has 1 aromatic carbocycles. The molecule has 1 atom stereocenters. The molecule has 19 heavy (non-hydrogen) atoms. The zero-order valence-electron chi connectivity index (χ0n) is 10.3. The Bertz CT molecular complexity index is 630. The average Bonchev–Trinajstić information content (AvgIpc) is 3.13. The van der Waals surface area contributed by atoms with Crippen molar-refractivity contribution in [3.8, 4) is 11.4 Å². The van der Waals surface area contributed by atoms with E-state index in [9.17, 15) is 0 Å². The summed E-state index contributed by atoms with van der Waals surface area (Å²) in [4.78, 5) is 0. The molecule has 7 heteroatoms. The van der Waals surface area contributed by atoms with E-state index in [0.717, 1.165) is 16.9 Å². The van der Waals surface area contributed by atoms with E-state index in [-0.39, 0.29) is 6.04 Å². The van der Waals surface area contributed by atoms with E-state index in [1.54, 1.807) is 6.20 Å². The van der Waals surface area contributed by atoms with Gasteiger partial charge >= 0.3 is 0 Å². The highest BCUT2D eigenvalue weighted by Gasteiger charge is 2.08. The first-order chi connectivity index (χ1) is 9.33. The third-order valence-corrected chi connectivity index (χ3v) is 2.84. The van der Waals surface area contributed by atoms with Crippen molar-refractivity contribution in [2.75, 3.05) is 5.32 Å². The molecule has 3 N–H and O–H groups in total. The fourth-order valence-corrected chi connectivity index (χ4v) is 1.87. The maximum Gasteiger partial charge on any atom is 0.204 e. The average molecular weight is 255 g/mol. The lowest BCUT2D eigenvalue weighted by Gasteiger charge is -2.13. The number of nitrogens with one attached hydrogen (secondary N) is 3. The van der Waals surface area contributed by atoms with E-state index >= 15 is 0 Å². The van der Waals surface area contributed by atoms with Crippen LogP contribution in [-0.4, -0.2) is 30.8 Å². The van der Waals surface area contributed by atoms with Crippen LogP contribution in [0.5, 0.6) is 0 Å². The second-order valence-corrected chi connectivity index (χ2v) is 4.19. The fourth-order valence-electron chi connectivity index (χ4n) is 1.87. The Kier molecular flexibility index (Phi) is 2.93. The van der Waals surface area contributed by atoms with Gasteiger partial charge in [0.2, 0.25) is 5.82 Å². The number of anilines is 1. The minimum Gasteiger partial charge on any atom is -0.377 e. The molecule has 2 heterocycles. The zero-order chi connectivity index (χ0) is 13.1. The molecule has 0 saturated carbocycles. The third-order valence-electron chi connectivity index (χ3n) is 2.84. The Balaban J connectivity index is 1.80. The second-order valence-electron chi connectivity index (χ2n) is 4.19. The van der Waals surface area contributed by atoms with Gasteiger partial charge in [-0.3, -0.25) is 5.10 Å². The van der Waals surface area contributed by atoms with Crippen LogP contribution in [-0.2, 0) is 0 Å². The molecule has 0 saturated heterocycles. The van der Waals surface area contributed by atoms with E-state index in [4.69, 9.17) is 0 Å². The van der Waals surface area contributed by atoms with Gasteiger partial charge in [0.1, 0.15) is 0 Å². The number of tetrazole rings is 1. The summed E-state index contributed by atoms with van der Waals surface area (Å²) in [6.45, 7) is 2.06. The number of benzene rings is 1. The number of rotatable bonds is 4. The van der Waals surface area contributed by atoms with Crippen LogP contribution in [0.25, 0.3) is 11.4 Å². The SMILES string of the molecule is CC(Nc1cccc(-c2nn[nH]n2)c1)c1ccn[nH]1. The van der Waals surface area contributed by atoms with E-state index in [1.165, 1.54) is 0 Å². The summed E-state index contributed by atoms with van der Waals surface area (Å²) in [7, 11) is 0. The highest BCUT2D eigenvalue weighted by molar-refractivity contribution is 5.62. The van der Waals surface area contributed by atoms with Crippen LogP contribution in [0.1, 0.15) is 18.7 Å². The van der Waals surface area contributed by atoms with Gasteiger partial charge in [-0.2, -0.15) is 10.3 Å². The number of nitrogens with zero attached hydrogens (tertiary/aromatic N) is 4. The molecule has 3 rings (SSSR count). The number of hydrogen-bond acceptors (Lipinski definition) is 5. The largest absolute Gasteiger partial charge is 0.377 e. The summed E-state index contributed by atoms with van der Waals surface area (Å²) in [5, 5.41) is 24.2. The molecule has 2 aromatic heterocycles. The second kappa shape index (κ2) is 4.89. The highest BCUT2D eigenvalue weighted by Crippen LogP contribution is 2.22. The molecule has 0 spiro atoms. The summed E-state index contributed by atoms with van der Waals surface area (Å²) >= 11 is 0. The molecule has 0 radical (unpaired) electrons. The monoisotopic (exact) mass is 255 g/mol. The first-order valence-electron chi connectivity index (χ1n) is 5.92. The van der Waals surface area contributed by atoms with Crippen LogP contribution < -0.4 is 5.32 Å². The molecule has 0 amide bonds. The lowest BCUT2D eigenvalue weighted by atomic mass is 10.1. The highest BCUT2D eigenvalue weighted by atomic mass is 15.5. The molecule has 3 aromatic rings. The lowest BCUT2D eigenvalue weighted by molar-refractivity contribution is 0.826. The third kappa shape index (κ3) is 2.44. The van der Waals surface area contributed by atoms with Crippen LogP contribution in [0.15, 0.2) is 36.5 Å². The Morgan fingerprint density at radius 2 is 2.21 bits per heavy atom. The first-order valence-corrected chi connectivity index (χ1v) is 5.92. The number of aromatic nitrogens is 6. The van der Waals surface area contributed by atoms with Gasteiger partial charge in [-0.25, -0.2) is 0 Å². The van der Waals surface area contributed by atoms with Gasteiger partial charge in [0, 0.05) is 17.4 Å². The summed E-state index contributed by atoms with van der Waals surface area (Å²) in [5.41, 5.74) is 2.94. The van der Waals surface area contributed by atoms with Crippen molar-refractivity contribution in [1.82, 2.24) is 30.8 Å². The fraction of sp³-hybridized carbons (Fsp3) is 0.167. The van der Waals surface area contributed by atoms with Crippen molar-refractivity contribution < 1.29 is 0 Å². The maximum atomic E-state index is 3.97. The molecule has 0 fully saturated rings. The normalized spacial score (nSPS) is 12.3. The smallest absolute Gasteiger partial charge is 0.204 e. The van der Waals surface area contributed by atoms with Crippen molar-refractivity contribution in [2.45, 2.75) is 13.0 Å². The minimum absolute atomic E-state index is 0.142. The van der Waals surface area contributed by atoms with Gasteiger partial charge in [-0.05, 0) is 30.3 Å². The van der Waals surface area contributed by atoms with Crippen LogP contribution in [0.4, 0.5) is 5.69 Å². The minimum atomic E-state index is 0.142. The number of aromatic amines is 2. The number of H-pyrrole nitrogens is 2. The first kappa shape index (κ1) is 11.4. The topological polar surface area (TPSA) is 95.2 Å². The summed E-state index contributed by atoms with van der Waals surface area (Å²) in [5.74, 6) is 0.581. The van der Waals surface area contributed by atoms with Gasteiger partial charge in [0.25, 0.3) is 0 Å². The Hall–Kier alpha value is -2.70. The van der Waals surface area contributed by atoms with E-state index in [2.05, 4.69) is 43.1 Å². The van der Waals surface area contributed by atoms with E-state index < -0.39 is 0 Å². The van der Waals surface area contributed by atoms with Crippen LogP contribution in [0.2, 0.25) is 0 Å². The van der Waals surface area contributed by atoms with Gasteiger partial charge < -0.3 is 5.32 Å². The molecule has 0 aliphatic heterocycles. The van der Waals surface area contributed by atoms with Crippen LogP contribution >= 0.6 is 0 Å². The molecule has 96 valence electrons. The summed E-state index contributed by atoms with van der Waals surface area (Å²) in [6, 6.07) is 9.96. The predicted molar refractivity (Wildman–Crippen MR) is 70.2 cm³/mol. The zero-order valence-corrected chi connectivity index (χ0v) is 10.3. The van der Waals surface area contributed by atoms with Crippen LogP contribution in [0.3, 0.4) is 0 Å². The predicted octanol–water partition coefficient (Wildman–Crippen LogP) is 1.76. The lowest BCUT2D eigenvalue weighted by Crippen LogP contribution is -2.07. The van der Waals surface area contributed by atoms with Crippen molar-refractivity contribution >= 4 is 5.69 Å². The molecule has 0 bridgehead atoms. The number of hydrogen-bond donors (Lipinski definition) is 3. The molecular formula is C12H13N7. The van der Waals surface area contributed by atoms with Gasteiger partial charge in [-0.15, -0.1) is 10.2 Å². The summed E-state index contributed by atoms with van der Waals surface area (Å²) in [6.07, 6.45) is 1.74. The quantitative estimate of drug-likeness (QED) is 0.660. The van der Waals surface area contributed by atoms with Crippen molar-refractivity contribution in [2.24, 2.45) is 0 Å². The van der Waals surface area contributed by atoms with Crippen LogP contribution in [0, 0.1) is 0 Å².